The maximum Gasteiger partial charge on any atom is 0.234 e. The second-order valence-electron chi connectivity index (χ2n) is 4.35. The van der Waals surface area contributed by atoms with E-state index in [4.69, 9.17) is 0 Å². The molecule has 15 heavy (non-hydrogen) atoms. The Hall–Kier alpha value is -0.420. The monoisotopic (exact) mass is 230 g/mol. The van der Waals surface area contributed by atoms with Gasteiger partial charge in [0, 0.05) is 34.4 Å². The molecule has 1 heterocycles. The normalized spacial score (nSPS) is 31.2. The molecule has 0 unspecified atom stereocenters. The Morgan fingerprint density at radius 3 is 2.40 bits per heavy atom. The molecule has 2 rings (SSSR count). The van der Waals surface area contributed by atoms with Gasteiger partial charge in [0.15, 0.2) is 0 Å². The zero-order chi connectivity index (χ0) is 10.7. The molecule has 2 N–H and O–H groups in total. The molecule has 2 aliphatic rings. The van der Waals surface area contributed by atoms with Crippen LogP contribution in [0.2, 0.25) is 0 Å². The smallest absolute Gasteiger partial charge is 0.234 e. The average molecular weight is 230 g/mol. The summed E-state index contributed by atoms with van der Waals surface area (Å²) >= 11 is 0. The van der Waals surface area contributed by atoms with E-state index in [1.807, 2.05) is 0 Å². The first-order valence-corrected chi connectivity index (χ1v) is 7.10. The number of nitrogens with one attached hydrogen (secondary N) is 2. The van der Waals surface area contributed by atoms with Gasteiger partial charge in [-0.05, 0) is 25.7 Å². The molecule has 0 aromatic rings. The lowest BCUT2D eigenvalue weighted by Crippen LogP contribution is -2.42. The van der Waals surface area contributed by atoms with Crippen molar-refractivity contribution in [2.45, 2.75) is 37.8 Å². The zero-order valence-electron chi connectivity index (χ0n) is 8.83. The highest BCUT2D eigenvalue weighted by Gasteiger charge is 2.23. The molecule has 0 aromatic heterocycles. The molecule has 1 saturated carbocycles. The van der Waals surface area contributed by atoms with Crippen molar-refractivity contribution >= 4 is 16.7 Å². The molecule has 0 aromatic carbocycles. The van der Waals surface area contributed by atoms with Crippen molar-refractivity contribution in [1.29, 1.82) is 0 Å². The number of carbonyl (C=O) groups is 1. The van der Waals surface area contributed by atoms with E-state index in [1.54, 1.807) is 0 Å². The minimum Gasteiger partial charge on any atom is -0.352 e. The summed E-state index contributed by atoms with van der Waals surface area (Å²) in [6, 6.07) is 0.825. The van der Waals surface area contributed by atoms with Gasteiger partial charge in [0.05, 0.1) is 6.54 Å². The Labute approximate surface area is 92.6 Å². The maximum absolute atomic E-state index is 11.4. The fourth-order valence-electron chi connectivity index (χ4n) is 1.74. The third kappa shape index (κ3) is 3.91. The fourth-order valence-corrected chi connectivity index (χ4v) is 3.04. The Morgan fingerprint density at radius 1 is 1.13 bits per heavy atom. The largest absolute Gasteiger partial charge is 0.352 e. The summed E-state index contributed by atoms with van der Waals surface area (Å²) < 4.78 is 11.1. The lowest BCUT2D eigenvalue weighted by atomic mass is 10.1. The molecule has 2 fully saturated rings. The minimum absolute atomic E-state index is 0.101. The van der Waals surface area contributed by atoms with E-state index in [9.17, 15) is 9.00 Å². The van der Waals surface area contributed by atoms with E-state index in [1.165, 1.54) is 0 Å². The number of rotatable bonds is 4. The van der Waals surface area contributed by atoms with Crippen LogP contribution < -0.4 is 10.6 Å². The molecule has 5 heteroatoms. The summed E-state index contributed by atoms with van der Waals surface area (Å²) in [6.45, 7) is 0.411. The van der Waals surface area contributed by atoms with E-state index >= 15 is 0 Å². The molecule has 4 nitrogen and oxygen atoms in total. The highest BCUT2D eigenvalue weighted by Crippen LogP contribution is 2.18. The van der Waals surface area contributed by atoms with Crippen LogP contribution in [-0.2, 0) is 15.6 Å². The van der Waals surface area contributed by atoms with Crippen LogP contribution in [0.4, 0.5) is 0 Å². The van der Waals surface area contributed by atoms with Crippen LogP contribution in [0, 0.1) is 0 Å². The first-order valence-electron chi connectivity index (χ1n) is 5.62. The second kappa shape index (κ2) is 5.07. The summed E-state index contributed by atoms with van der Waals surface area (Å²) in [6.07, 6.45) is 4.13. The molecule has 1 aliphatic heterocycles. The van der Waals surface area contributed by atoms with E-state index in [0.717, 1.165) is 37.2 Å². The van der Waals surface area contributed by atoms with Crippen molar-refractivity contribution in [3.8, 4) is 0 Å². The van der Waals surface area contributed by atoms with Crippen molar-refractivity contribution in [2.75, 3.05) is 18.1 Å². The summed E-state index contributed by atoms with van der Waals surface area (Å²) in [7, 11) is -0.615. The molecule has 86 valence electrons. The van der Waals surface area contributed by atoms with Crippen LogP contribution in [0.15, 0.2) is 0 Å². The third-order valence-corrected chi connectivity index (χ3v) is 4.26. The van der Waals surface area contributed by atoms with Crippen molar-refractivity contribution in [1.82, 2.24) is 10.6 Å². The first kappa shape index (κ1) is 11.1. The zero-order valence-corrected chi connectivity index (χ0v) is 9.65. The van der Waals surface area contributed by atoms with Gasteiger partial charge in [-0.3, -0.25) is 9.00 Å². The van der Waals surface area contributed by atoms with Crippen molar-refractivity contribution in [2.24, 2.45) is 0 Å². The maximum atomic E-state index is 11.4. The second-order valence-corrected chi connectivity index (χ2v) is 6.04. The summed E-state index contributed by atoms with van der Waals surface area (Å²) in [4.78, 5) is 11.4. The summed E-state index contributed by atoms with van der Waals surface area (Å²) in [5.74, 6) is 1.66. The van der Waals surface area contributed by atoms with E-state index in [0.29, 0.717) is 18.6 Å². The predicted octanol–water partition coefficient (Wildman–Crippen LogP) is -0.234. The van der Waals surface area contributed by atoms with Crippen LogP contribution in [0.3, 0.4) is 0 Å². The van der Waals surface area contributed by atoms with Gasteiger partial charge in [-0.25, -0.2) is 0 Å². The van der Waals surface area contributed by atoms with Gasteiger partial charge in [-0.1, -0.05) is 0 Å². The first-order chi connectivity index (χ1) is 7.24. The van der Waals surface area contributed by atoms with Gasteiger partial charge in [0.25, 0.3) is 0 Å². The number of amides is 1. The Kier molecular flexibility index (Phi) is 3.75. The molecular formula is C10H18N2O2S. The fraction of sp³-hybridized carbons (Fsp3) is 0.900. The molecular weight excluding hydrogens is 212 g/mol. The van der Waals surface area contributed by atoms with E-state index in [2.05, 4.69) is 10.6 Å². The van der Waals surface area contributed by atoms with Crippen LogP contribution in [-0.4, -0.2) is 40.3 Å². The molecule has 0 atom stereocenters. The van der Waals surface area contributed by atoms with Gasteiger partial charge in [0.2, 0.25) is 5.91 Å². The molecule has 0 bridgehead atoms. The molecule has 0 spiro atoms. The van der Waals surface area contributed by atoms with Crippen LogP contribution in [0.25, 0.3) is 0 Å². The van der Waals surface area contributed by atoms with E-state index < -0.39 is 10.8 Å². The van der Waals surface area contributed by atoms with Crippen molar-refractivity contribution in [3.05, 3.63) is 0 Å². The Balaban J connectivity index is 1.60. The molecule has 1 amide bonds. The molecule has 0 radical (unpaired) electrons. The average Bonchev–Trinajstić information content (AvgIpc) is 3.01. The number of carbonyl (C=O) groups excluding carboxylic acids is 1. The van der Waals surface area contributed by atoms with Crippen LogP contribution in [0.1, 0.15) is 25.7 Å². The van der Waals surface area contributed by atoms with Gasteiger partial charge >= 0.3 is 0 Å². The standard InChI is InChI=1S/C10H18N2O2S/c13-10(12-9-1-2-9)7-11-8-3-5-15(14)6-4-8/h8-9,11H,1-7H2,(H,12,13). The van der Waals surface area contributed by atoms with Crippen molar-refractivity contribution < 1.29 is 9.00 Å². The highest BCUT2D eigenvalue weighted by atomic mass is 32.2. The Bertz CT molecular complexity index is 256. The predicted molar refractivity (Wildman–Crippen MR) is 60.1 cm³/mol. The quantitative estimate of drug-likeness (QED) is 0.701. The van der Waals surface area contributed by atoms with Crippen LogP contribution in [0.5, 0.6) is 0 Å². The summed E-state index contributed by atoms with van der Waals surface area (Å²) in [5, 5.41) is 6.17. The number of hydrogen-bond donors (Lipinski definition) is 2. The lowest BCUT2D eigenvalue weighted by molar-refractivity contribution is -0.120. The molecule has 1 aliphatic carbocycles. The minimum atomic E-state index is -0.615. The van der Waals surface area contributed by atoms with Gasteiger partial charge < -0.3 is 10.6 Å². The lowest BCUT2D eigenvalue weighted by Gasteiger charge is -2.22. The topological polar surface area (TPSA) is 58.2 Å². The Morgan fingerprint density at radius 2 is 1.80 bits per heavy atom. The molecule has 1 saturated heterocycles. The third-order valence-electron chi connectivity index (χ3n) is 2.88. The van der Waals surface area contributed by atoms with Crippen molar-refractivity contribution in [3.63, 3.8) is 0 Å². The van der Waals surface area contributed by atoms with Gasteiger partial charge in [-0.15, -0.1) is 0 Å². The summed E-state index contributed by atoms with van der Waals surface area (Å²) in [5.41, 5.74) is 0. The van der Waals surface area contributed by atoms with Crippen LogP contribution >= 0.6 is 0 Å². The van der Waals surface area contributed by atoms with E-state index in [-0.39, 0.29) is 5.91 Å². The van der Waals surface area contributed by atoms with Gasteiger partial charge in [0.1, 0.15) is 0 Å². The SMILES string of the molecule is O=C(CNC1CCS(=O)CC1)NC1CC1. The highest BCUT2D eigenvalue weighted by molar-refractivity contribution is 7.85. The number of hydrogen-bond acceptors (Lipinski definition) is 3. The van der Waals surface area contributed by atoms with Gasteiger partial charge in [-0.2, -0.15) is 0 Å².